The zero-order valence-electron chi connectivity index (χ0n) is 19.3. The number of thioether (sulfide) groups is 1. The fourth-order valence-corrected chi connectivity index (χ4v) is 5.51. The highest BCUT2D eigenvalue weighted by molar-refractivity contribution is 8.00. The standard InChI is InChI=1S/C28H30N2O2S/c1-4-23(20-10-6-5-7-11-20)27(32)29-22-16-14-21(15-17-22)28-30(26(31)18-33-28)25-13-9-8-12-24(25)19(2)3/h5-17,19,23,28H,4,18H2,1-3H3,(H,29,32). The average Bonchev–Trinajstić information content (AvgIpc) is 3.22. The van der Waals surface area contributed by atoms with E-state index in [1.807, 2.05) is 84.6 Å². The predicted molar refractivity (Wildman–Crippen MR) is 138 cm³/mol. The molecule has 1 N–H and O–H groups in total. The molecule has 0 aromatic heterocycles. The maximum absolute atomic E-state index is 12.9. The first kappa shape index (κ1) is 23.1. The highest BCUT2D eigenvalue weighted by atomic mass is 32.2. The number of anilines is 2. The summed E-state index contributed by atoms with van der Waals surface area (Å²) in [6.07, 6.45) is 0.735. The molecule has 1 fully saturated rings. The van der Waals surface area contributed by atoms with Crippen molar-refractivity contribution in [2.24, 2.45) is 0 Å². The van der Waals surface area contributed by atoms with Crippen LogP contribution in [0.4, 0.5) is 11.4 Å². The van der Waals surface area contributed by atoms with Gasteiger partial charge in [-0.1, -0.05) is 81.4 Å². The molecule has 1 heterocycles. The fraction of sp³-hybridized carbons (Fsp3) is 0.286. The van der Waals surface area contributed by atoms with Crippen LogP contribution in [0.15, 0.2) is 78.9 Å². The first-order valence-electron chi connectivity index (χ1n) is 11.5. The van der Waals surface area contributed by atoms with Crippen molar-refractivity contribution >= 4 is 35.0 Å². The van der Waals surface area contributed by atoms with Gasteiger partial charge in [-0.25, -0.2) is 0 Å². The van der Waals surface area contributed by atoms with E-state index in [1.165, 1.54) is 5.56 Å². The molecule has 0 spiro atoms. The summed E-state index contributed by atoms with van der Waals surface area (Å²) in [7, 11) is 0. The van der Waals surface area contributed by atoms with Gasteiger partial charge in [-0.2, -0.15) is 0 Å². The first-order chi connectivity index (χ1) is 16.0. The molecule has 33 heavy (non-hydrogen) atoms. The summed E-state index contributed by atoms with van der Waals surface area (Å²) in [5.74, 6) is 0.731. The van der Waals surface area contributed by atoms with E-state index in [1.54, 1.807) is 11.8 Å². The molecule has 4 rings (SSSR count). The Morgan fingerprint density at radius 2 is 1.67 bits per heavy atom. The van der Waals surface area contributed by atoms with Crippen molar-refractivity contribution < 1.29 is 9.59 Å². The van der Waals surface area contributed by atoms with Gasteiger partial charge in [0.15, 0.2) is 0 Å². The van der Waals surface area contributed by atoms with Gasteiger partial charge in [0.05, 0.1) is 11.7 Å². The smallest absolute Gasteiger partial charge is 0.238 e. The largest absolute Gasteiger partial charge is 0.326 e. The second-order valence-corrected chi connectivity index (χ2v) is 9.69. The summed E-state index contributed by atoms with van der Waals surface area (Å²) in [6, 6.07) is 25.9. The Morgan fingerprint density at radius 1 is 1.00 bits per heavy atom. The van der Waals surface area contributed by atoms with Crippen molar-refractivity contribution in [3.8, 4) is 0 Å². The summed E-state index contributed by atoms with van der Waals surface area (Å²) < 4.78 is 0. The molecule has 2 atom stereocenters. The van der Waals surface area contributed by atoms with Crippen LogP contribution in [-0.2, 0) is 9.59 Å². The van der Waals surface area contributed by atoms with Crippen LogP contribution in [0.3, 0.4) is 0 Å². The van der Waals surface area contributed by atoms with Gasteiger partial charge in [0, 0.05) is 11.4 Å². The molecular formula is C28H30N2O2S. The Hall–Kier alpha value is -3.05. The molecule has 3 aromatic rings. The van der Waals surface area contributed by atoms with Crippen molar-refractivity contribution in [3.05, 3.63) is 95.6 Å². The second kappa shape index (κ2) is 10.3. The highest BCUT2D eigenvalue weighted by Crippen LogP contribution is 2.44. The van der Waals surface area contributed by atoms with Gasteiger partial charge >= 0.3 is 0 Å². The quantitative estimate of drug-likeness (QED) is 0.427. The van der Waals surface area contributed by atoms with Gasteiger partial charge in [0.25, 0.3) is 0 Å². The van der Waals surface area contributed by atoms with E-state index >= 15 is 0 Å². The van der Waals surface area contributed by atoms with Gasteiger partial charge in [0.2, 0.25) is 11.8 Å². The predicted octanol–water partition coefficient (Wildman–Crippen LogP) is 6.72. The van der Waals surface area contributed by atoms with Crippen LogP contribution in [0.1, 0.15) is 61.1 Å². The molecule has 4 nitrogen and oxygen atoms in total. The van der Waals surface area contributed by atoms with Crippen molar-refractivity contribution in [2.45, 2.75) is 44.4 Å². The minimum absolute atomic E-state index is 0.00523. The monoisotopic (exact) mass is 458 g/mol. The number of hydrogen-bond donors (Lipinski definition) is 1. The third kappa shape index (κ3) is 4.98. The Morgan fingerprint density at radius 3 is 2.33 bits per heavy atom. The van der Waals surface area contributed by atoms with Gasteiger partial charge in [0.1, 0.15) is 5.37 Å². The Bertz CT molecular complexity index is 1110. The number of benzene rings is 3. The molecule has 1 aliphatic heterocycles. The molecule has 0 radical (unpaired) electrons. The summed E-state index contributed by atoms with van der Waals surface area (Å²) in [6.45, 7) is 6.33. The van der Waals surface area contributed by atoms with Gasteiger partial charge in [-0.05, 0) is 47.2 Å². The van der Waals surface area contributed by atoms with Crippen molar-refractivity contribution in [3.63, 3.8) is 0 Å². The minimum Gasteiger partial charge on any atom is -0.326 e. The zero-order valence-corrected chi connectivity index (χ0v) is 20.1. The number of amides is 2. The molecule has 1 aliphatic rings. The van der Waals surface area contributed by atoms with Gasteiger partial charge in [-0.3, -0.25) is 14.5 Å². The molecule has 2 amide bonds. The average molecular weight is 459 g/mol. The van der Waals surface area contributed by atoms with Crippen LogP contribution in [-0.4, -0.2) is 17.6 Å². The Balaban J connectivity index is 1.53. The molecule has 0 aliphatic carbocycles. The zero-order chi connectivity index (χ0) is 23.4. The van der Waals surface area contributed by atoms with E-state index < -0.39 is 0 Å². The highest BCUT2D eigenvalue weighted by Gasteiger charge is 2.35. The third-order valence-corrected chi connectivity index (χ3v) is 7.29. The van der Waals surface area contributed by atoms with Crippen LogP contribution in [0.25, 0.3) is 0 Å². The Labute approximate surface area is 200 Å². The molecule has 2 unspecified atom stereocenters. The van der Waals surface area contributed by atoms with Crippen LogP contribution in [0.2, 0.25) is 0 Å². The molecule has 0 bridgehead atoms. The van der Waals surface area contributed by atoms with E-state index in [0.717, 1.165) is 28.9 Å². The number of nitrogens with one attached hydrogen (secondary N) is 1. The van der Waals surface area contributed by atoms with Crippen LogP contribution in [0, 0.1) is 0 Å². The topological polar surface area (TPSA) is 49.4 Å². The van der Waals surface area contributed by atoms with E-state index in [9.17, 15) is 9.59 Å². The lowest BCUT2D eigenvalue weighted by Crippen LogP contribution is -2.29. The van der Waals surface area contributed by atoms with Gasteiger partial charge < -0.3 is 5.32 Å². The molecule has 0 saturated carbocycles. The number of rotatable bonds is 7. The van der Waals surface area contributed by atoms with E-state index in [4.69, 9.17) is 0 Å². The van der Waals surface area contributed by atoms with Crippen molar-refractivity contribution in [2.75, 3.05) is 16.0 Å². The number of para-hydroxylation sites is 1. The third-order valence-electron chi connectivity index (χ3n) is 6.08. The van der Waals surface area contributed by atoms with E-state index in [2.05, 4.69) is 25.2 Å². The lowest BCUT2D eigenvalue weighted by Gasteiger charge is -2.27. The fourth-order valence-electron chi connectivity index (χ4n) is 4.34. The van der Waals surface area contributed by atoms with E-state index in [-0.39, 0.29) is 23.1 Å². The molecule has 3 aromatic carbocycles. The van der Waals surface area contributed by atoms with Crippen LogP contribution < -0.4 is 10.2 Å². The first-order valence-corrected chi connectivity index (χ1v) is 12.5. The number of nitrogens with zero attached hydrogens (tertiary/aromatic N) is 1. The molecule has 1 saturated heterocycles. The van der Waals surface area contributed by atoms with E-state index in [0.29, 0.717) is 11.7 Å². The summed E-state index contributed by atoms with van der Waals surface area (Å²) in [5, 5.41) is 2.98. The molecular weight excluding hydrogens is 428 g/mol. The summed E-state index contributed by atoms with van der Waals surface area (Å²) in [4.78, 5) is 27.7. The minimum atomic E-state index is -0.183. The lowest BCUT2D eigenvalue weighted by atomic mass is 9.95. The lowest BCUT2D eigenvalue weighted by molar-refractivity contribution is -0.118. The van der Waals surface area contributed by atoms with Crippen LogP contribution in [0.5, 0.6) is 0 Å². The molecule has 5 heteroatoms. The van der Waals surface area contributed by atoms with Gasteiger partial charge in [-0.15, -0.1) is 11.8 Å². The summed E-state index contributed by atoms with van der Waals surface area (Å²) in [5.41, 5.74) is 5.00. The maximum Gasteiger partial charge on any atom is 0.238 e. The number of hydrogen-bond acceptors (Lipinski definition) is 3. The summed E-state index contributed by atoms with van der Waals surface area (Å²) >= 11 is 1.64. The normalized spacial score (nSPS) is 16.8. The second-order valence-electron chi connectivity index (χ2n) is 8.62. The molecule has 170 valence electrons. The Kier molecular flexibility index (Phi) is 7.19. The van der Waals surface area contributed by atoms with Crippen molar-refractivity contribution in [1.29, 1.82) is 0 Å². The van der Waals surface area contributed by atoms with Crippen molar-refractivity contribution in [1.82, 2.24) is 0 Å². The number of carbonyl (C=O) groups excluding carboxylic acids is 2. The number of carbonyl (C=O) groups is 2. The SMILES string of the molecule is CCC(C(=O)Nc1ccc(C2SCC(=O)N2c2ccccc2C(C)C)cc1)c1ccccc1. The maximum atomic E-state index is 12.9. The van der Waals surface area contributed by atoms with Crippen LogP contribution >= 0.6 is 11.8 Å².